The Morgan fingerprint density at radius 2 is 1.65 bits per heavy atom. The van der Waals surface area contributed by atoms with Crippen molar-refractivity contribution in [3.05, 3.63) is 28.2 Å². The van der Waals surface area contributed by atoms with Gasteiger partial charge in [0.2, 0.25) is 5.91 Å². The van der Waals surface area contributed by atoms with Gasteiger partial charge in [-0.25, -0.2) is 0 Å². The average molecular weight is 340 g/mol. The summed E-state index contributed by atoms with van der Waals surface area (Å²) in [6, 6.07) is 4.57. The molecule has 0 saturated carbocycles. The van der Waals surface area contributed by atoms with E-state index in [9.17, 15) is 13.2 Å². The van der Waals surface area contributed by atoms with Crippen LogP contribution in [0.15, 0.2) is 18.2 Å². The van der Waals surface area contributed by atoms with Crippen LogP contribution in [0.5, 0.6) is 0 Å². The molecule has 0 radical (unpaired) electrons. The number of nitrogens with zero attached hydrogens (tertiary/aromatic N) is 2. The summed E-state index contributed by atoms with van der Waals surface area (Å²) in [4.78, 5) is 11.8. The third-order valence-electron chi connectivity index (χ3n) is 2.37. The lowest BCUT2D eigenvalue weighted by Gasteiger charge is -2.20. The fourth-order valence-corrected chi connectivity index (χ4v) is 2.75. The van der Waals surface area contributed by atoms with E-state index in [1.54, 1.807) is 0 Å². The average Bonchev–Trinajstić information content (AvgIpc) is 2.26. The van der Waals surface area contributed by atoms with E-state index in [2.05, 4.69) is 5.32 Å². The van der Waals surface area contributed by atoms with Gasteiger partial charge in [-0.15, -0.1) is 0 Å². The van der Waals surface area contributed by atoms with E-state index in [-0.39, 0.29) is 6.54 Å². The van der Waals surface area contributed by atoms with E-state index < -0.39 is 16.1 Å². The summed E-state index contributed by atoms with van der Waals surface area (Å²) in [5, 5.41) is 3.29. The van der Waals surface area contributed by atoms with Crippen LogP contribution in [-0.2, 0) is 15.0 Å². The number of nitrogens with one attached hydrogen (secondary N) is 1. The van der Waals surface area contributed by atoms with Gasteiger partial charge in [-0.3, -0.25) is 4.79 Å². The van der Waals surface area contributed by atoms with Gasteiger partial charge in [-0.1, -0.05) is 23.2 Å². The van der Waals surface area contributed by atoms with Crippen LogP contribution in [0.2, 0.25) is 10.0 Å². The van der Waals surface area contributed by atoms with Crippen molar-refractivity contribution in [2.45, 2.75) is 0 Å². The van der Waals surface area contributed by atoms with E-state index in [0.717, 1.165) is 8.61 Å². The molecule has 0 aliphatic heterocycles. The van der Waals surface area contributed by atoms with Crippen molar-refractivity contribution in [2.75, 3.05) is 33.0 Å². The third-order valence-corrected chi connectivity index (χ3v) is 4.64. The Morgan fingerprint density at radius 3 is 2.10 bits per heavy atom. The summed E-state index contributed by atoms with van der Waals surface area (Å²) in [5.41, 5.74) is 0.406. The van der Waals surface area contributed by atoms with Crippen molar-refractivity contribution in [2.24, 2.45) is 0 Å². The number of rotatable bonds is 5. The van der Waals surface area contributed by atoms with Crippen LogP contribution in [0.4, 0.5) is 5.69 Å². The number of carbonyl (C=O) groups excluding carboxylic acids is 1. The molecule has 0 heterocycles. The van der Waals surface area contributed by atoms with Crippen molar-refractivity contribution in [3.63, 3.8) is 0 Å². The van der Waals surface area contributed by atoms with Gasteiger partial charge >= 0.3 is 0 Å². The molecule has 1 amide bonds. The minimum atomic E-state index is -3.63. The Morgan fingerprint density at radius 1 is 1.15 bits per heavy atom. The zero-order valence-electron chi connectivity index (χ0n) is 11.2. The number of amides is 1. The predicted octanol–water partition coefficient (Wildman–Crippen LogP) is 1.67. The lowest BCUT2D eigenvalue weighted by Crippen LogP contribution is -2.41. The minimum Gasteiger partial charge on any atom is -0.325 e. The smallest absolute Gasteiger partial charge is 0.281 e. The van der Waals surface area contributed by atoms with E-state index in [1.165, 1.54) is 39.3 Å². The number of anilines is 1. The molecule has 0 spiro atoms. The molecule has 0 saturated heterocycles. The van der Waals surface area contributed by atoms with Crippen LogP contribution in [0, 0.1) is 0 Å². The molecular weight excluding hydrogens is 325 g/mol. The molecule has 0 atom stereocenters. The highest BCUT2D eigenvalue weighted by atomic mass is 35.5. The van der Waals surface area contributed by atoms with Crippen molar-refractivity contribution in [3.8, 4) is 0 Å². The molecular formula is C11H15Cl2N3O3S. The topological polar surface area (TPSA) is 69.7 Å². The lowest BCUT2D eigenvalue weighted by molar-refractivity contribution is -0.116. The monoisotopic (exact) mass is 339 g/mol. The SMILES string of the molecule is CN(C)S(=O)(=O)N(C)CC(=O)Nc1cc(Cl)cc(Cl)c1. The third kappa shape index (κ3) is 4.60. The second-order valence-electron chi connectivity index (χ2n) is 4.25. The molecule has 1 aromatic rings. The molecule has 0 aromatic heterocycles. The first-order valence-corrected chi connectivity index (χ1v) is 7.68. The Kier molecular flexibility index (Phi) is 5.79. The van der Waals surface area contributed by atoms with Gasteiger partial charge in [0, 0.05) is 36.9 Å². The lowest BCUT2D eigenvalue weighted by atomic mass is 10.3. The van der Waals surface area contributed by atoms with Crippen LogP contribution >= 0.6 is 23.2 Å². The van der Waals surface area contributed by atoms with Crippen molar-refractivity contribution in [1.82, 2.24) is 8.61 Å². The largest absolute Gasteiger partial charge is 0.325 e. The highest BCUT2D eigenvalue weighted by Crippen LogP contribution is 2.22. The summed E-state index contributed by atoms with van der Waals surface area (Å²) in [6.45, 7) is -0.315. The van der Waals surface area contributed by atoms with Gasteiger partial charge in [0.15, 0.2) is 0 Å². The fourth-order valence-electron chi connectivity index (χ4n) is 1.39. The van der Waals surface area contributed by atoms with Crippen LogP contribution in [0.3, 0.4) is 0 Å². The van der Waals surface area contributed by atoms with Crippen LogP contribution in [-0.4, -0.2) is 50.6 Å². The molecule has 1 rings (SSSR count). The highest BCUT2D eigenvalue weighted by molar-refractivity contribution is 7.86. The number of halogens is 2. The number of hydrogen-bond donors (Lipinski definition) is 1. The van der Waals surface area contributed by atoms with Crippen LogP contribution < -0.4 is 5.32 Å². The highest BCUT2D eigenvalue weighted by Gasteiger charge is 2.22. The molecule has 0 unspecified atom stereocenters. The summed E-state index contributed by atoms with van der Waals surface area (Å²) in [5.74, 6) is -0.490. The second-order valence-corrected chi connectivity index (χ2v) is 7.37. The van der Waals surface area contributed by atoms with Crippen LogP contribution in [0.25, 0.3) is 0 Å². The van der Waals surface area contributed by atoms with E-state index in [4.69, 9.17) is 23.2 Å². The molecule has 0 aliphatic carbocycles. The van der Waals surface area contributed by atoms with Crippen molar-refractivity contribution in [1.29, 1.82) is 0 Å². The summed E-state index contributed by atoms with van der Waals surface area (Å²) >= 11 is 11.6. The summed E-state index contributed by atoms with van der Waals surface area (Å²) in [7, 11) is 0.471. The van der Waals surface area contributed by atoms with Gasteiger partial charge in [-0.2, -0.15) is 17.0 Å². The Labute approximate surface area is 128 Å². The normalized spacial score (nSPS) is 11.9. The second kappa shape index (κ2) is 6.73. The minimum absolute atomic E-state index is 0.315. The van der Waals surface area contributed by atoms with E-state index in [1.807, 2.05) is 0 Å². The number of hydrogen-bond acceptors (Lipinski definition) is 3. The Bertz CT molecular complexity index is 585. The number of likely N-dealkylation sites (N-methyl/N-ethyl adjacent to an activating group) is 1. The van der Waals surface area contributed by atoms with Crippen LogP contribution in [0.1, 0.15) is 0 Å². The van der Waals surface area contributed by atoms with Crippen molar-refractivity contribution >= 4 is 45.0 Å². The van der Waals surface area contributed by atoms with E-state index in [0.29, 0.717) is 15.7 Å². The zero-order chi connectivity index (χ0) is 15.5. The van der Waals surface area contributed by atoms with Gasteiger partial charge in [0.25, 0.3) is 10.2 Å². The first kappa shape index (κ1) is 17.2. The van der Waals surface area contributed by atoms with Gasteiger partial charge in [0.05, 0.1) is 6.54 Å². The maximum Gasteiger partial charge on any atom is 0.281 e. The fraction of sp³-hybridized carbons (Fsp3) is 0.364. The maximum atomic E-state index is 11.8. The quantitative estimate of drug-likeness (QED) is 0.886. The first-order chi connectivity index (χ1) is 9.12. The molecule has 6 nitrogen and oxygen atoms in total. The summed E-state index contributed by atoms with van der Waals surface area (Å²) in [6.07, 6.45) is 0. The van der Waals surface area contributed by atoms with Crippen molar-refractivity contribution < 1.29 is 13.2 Å². The zero-order valence-corrected chi connectivity index (χ0v) is 13.6. The predicted molar refractivity (Wildman–Crippen MR) is 80.3 cm³/mol. The standard InChI is InChI=1S/C11H15Cl2N3O3S/c1-15(2)20(18,19)16(3)7-11(17)14-10-5-8(12)4-9(13)6-10/h4-6H,7H2,1-3H3,(H,14,17). The molecule has 1 N–H and O–H groups in total. The Hall–Kier alpha value is -0.860. The summed E-state index contributed by atoms with van der Waals surface area (Å²) < 4.78 is 25.5. The molecule has 1 aromatic carbocycles. The molecule has 20 heavy (non-hydrogen) atoms. The first-order valence-electron chi connectivity index (χ1n) is 5.52. The number of carbonyl (C=O) groups is 1. The molecule has 0 bridgehead atoms. The van der Waals surface area contributed by atoms with Gasteiger partial charge in [-0.05, 0) is 18.2 Å². The van der Waals surface area contributed by atoms with Gasteiger partial charge < -0.3 is 5.32 Å². The molecule has 112 valence electrons. The number of benzene rings is 1. The molecule has 0 aliphatic rings. The molecule has 9 heteroatoms. The van der Waals surface area contributed by atoms with Gasteiger partial charge in [0.1, 0.15) is 0 Å². The maximum absolute atomic E-state index is 11.8. The molecule has 0 fully saturated rings. The Balaban J connectivity index is 2.73. The van der Waals surface area contributed by atoms with E-state index >= 15 is 0 Å².